The molecule has 0 fully saturated rings. The summed E-state index contributed by atoms with van der Waals surface area (Å²) in [5.74, 6) is 1.16. The molecule has 0 spiro atoms. The van der Waals surface area contributed by atoms with E-state index in [1.165, 1.54) is 66.1 Å². The van der Waals surface area contributed by atoms with Gasteiger partial charge in [-0.05, 0) is 46.9 Å². The van der Waals surface area contributed by atoms with E-state index in [-0.39, 0.29) is 26.2 Å². The number of hydrogen-bond donors (Lipinski definition) is 0. The Morgan fingerprint density at radius 1 is 0.523 bits per heavy atom. The van der Waals surface area contributed by atoms with Crippen molar-refractivity contribution >= 4 is 31.1 Å². The summed E-state index contributed by atoms with van der Waals surface area (Å²) in [5.41, 5.74) is 11.2. The molecule has 0 nitrogen and oxygen atoms in total. The van der Waals surface area contributed by atoms with Crippen molar-refractivity contribution in [2.24, 2.45) is 0 Å². The number of hydrogen-bond acceptors (Lipinski definition) is 0. The van der Waals surface area contributed by atoms with Crippen molar-refractivity contribution in [2.45, 2.75) is 79.3 Å². The van der Waals surface area contributed by atoms with Crippen molar-refractivity contribution in [2.75, 3.05) is 0 Å². The monoisotopic (exact) mass is 670 g/mol. The summed E-state index contributed by atoms with van der Waals surface area (Å²) in [7, 11) is 1.08. The third kappa shape index (κ3) is 8.26. The molecule has 0 atom stereocenters. The number of aryl methyl sites for hydroxylation is 2. The number of benzene rings is 4. The normalized spacial score (nSPS) is 10.8. The molecule has 6 rings (SSSR count). The Labute approximate surface area is 288 Å². The summed E-state index contributed by atoms with van der Waals surface area (Å²) in [4.78, 5) is 0. The maximum Gasteiger partial charge on any atom is 2.00 e. The standard InChI is InChI=1S/2C20H21.C2H6Si.Zr/c2*1-4-15-8-5-6-10-18(15)19-11-7-9-16-12-17(14(2)3)13-20(16)19;1-3-2;/h2*5-14H,4H2,1-3H3;1-2H3;/q2*-1;;+2. The molecule has 0 bridgehead atoms. The minimum atomic E-state index is 0. The predicted octanol–water partition coefficient (Wildman–Crippen LogP) is 12.6. The van der Waals surface area contributed by atoms with Crippen molar-refractivity contribution in [3.8, 4) is 22.3 Å². The van der Waals surface area contributed by atoms with Crippen molar-refractivity contribution in [3.63, 3.8) is 0 Å². The third-order valence-corrected chi connectivity index (χ3v) is 8.26. The van der Waals surface area contributed by atoms with E-state index >= 15 is 0 Å². The van der Waals surface area contributed by atoms with E-state index in [1.54, 1.807) is 0 Å². The maximum absolute atomic E-state index is 2.36. The van der Waals surface area contributed by atoms with Crippen LogP contribution in [0.2, 0.25) is 13.1 Å². The minimum absolute atomic E-state index is 0. The van der Waals surface area contributed by atoms with Crippen LogP contribution >= 0.6 is 0 Å². The molecule has 0 N–H and O–H groups in total. The fraction of sp³-hybridized carbons (Fsp3) is 0.286. The first kappa shape index (κ1) is 35.7. The van der Waals surface area contributed by atoms with Gasteiger partial charge in [-0.1, -0.05) is 126 Å². The molecule has 0 saturated carbocycles. The topological polar surface area (TPSA) is 0 Å². The van der Waals surface area contributed by atoms with Crippen molar-refractivity contribution in [3.05, 3.63) is 131 Å². The van der Waals surface area contributed by atoms with Gasteiger partial charge in [0.15, 0.2) is 0 Å². The van der Waals surface area contributed by atoms with Gasteiger partial charge in [0, 0.05) is 9.52 Å². The largest absolute Gasteiger partial charge is 2.00 e. The van der Waals surface area contributed by atoms with Gasteiger partial charge in [0.05, 0.1) is 0 Å². The molecule has 0 unspecified atom stereocenters. The van der Waals surface area contributed by atoms with Gasteiger partial charge < -0.3 is 0 Å². The summed E-state index contributed by atoms with van der Waals surface area (Å²) in [6.45, 7) is 17.8. The van der Waals surface area contributed by atoms with Crippen LogP contribution in [0.4, 0.5) is 0 Å². The second-order valence-electron chi connectivity index (χ2n) is 12.0. The van der Waals surface area contributed by atoms with Gasteiger partial charge in [0.1, 0.15) is 0 Å². The molecule has 224 valence electrons. The molecule has 44 heavy (non-hydrogen) atoms. The minimum Gasteiger partial charge on any atom is -0.164 e. The Balaban J connectivity index is 0.000000216. The summed E-state index contributed by atoms with van der Waals surface area (Å²) in [6.07, 6.45) is 2.15. The van der Waals surface area contributed by atoms with Gasteiger partial charge >= 0.3 is 26.2 Å². The Hall–Kier alpha value is -2.80. The van der Waals surface area contributed by atoms with Crippen LogP contribution in [0.1, 0.15) is 75.6 Å². The summed E-state index contributed by atoms with van der Waals surface area (Å²) in [5, 5.41) is 5.49. The van der Waals surface area contributed by atoms with Crippen molar-refractivity contribution < 1.29 is 26.2 Å². The first-order valence-electron chi connectivity index (χ1n) is 16.0. The van der Waals surface area contributed by atoms with E-state index in [2.05, 4.69) is 164 Å². The first-order chi connectivity index (χ1) is 20.8. The predicted molar refractivity (Wildman–Crippen MR) is 194 cm³/mol. The van der Waals surface area contributed by atoms with Crippen LogP contribution in [0.25, 0.3) is 43.8 Å². The SMILES string of the molecule is CCc1ccccc1-c1cccc2[cH-]c(C(C)C)cc12.CCc1ccccc1-c1cccc2[cH-]c(C(C)C)cc12.C[Si]C.[Zr+2]. The van der Waals surface area contributed by atoms with E-state index in [0.29, 0.717) is 11.8 Å². The van der Waals surface area contributed by atoms with Gasteiger partial charge in [0.2, 0.25) is 0 Å². The summed E-state index contributed by atoms with van der Waals surface area (Å²) >= 11 is 0. The molecule has 0 heterocycles. The molecule has 0 aliphatic rings. The van der Waals surface area contributed by atoms with Crippen LogP contribution in [0.5, 0.6) is 0 Å². The zero-order valence-electron chi connectivity index (χ0n) is 28.0. The van der Waals surface area contributed by atoms with Crippen LogP contribution in [-0.4, -0.2) is 9.52 Å². The zero-order valence-corrected chi connectivity index (χ0v) is 31.4. The average molecular weight is 672 g/mol. The molecular formula is C42H48SiZr. The Kier molecular flexibility index (Phi) is 13.8. The fourth-order valence-electron chi connectivity index (χ4n) is 5.83. The average Bonchev–Trinajstić information content (AvgIpc) is 3.67. The van der Waals surface area contributed by atoms with Crippen LogP contribution in [0, 0.1) is 0 Å². The van der Waals surface area contributed by atoms with Crippen LogP contribution < -0.4 is 0 Å². The summed E-state index contributed by atoms with van der Waals surface area (Å²) < 4.78 is 0. The molecular weight excluding hydrogens is 624 g/mol. The second-order valence-corrected chi connectivity index (χ2v) is 13.0. The van der Waals surface area contributed by atoms with Gasteiger partial charge in [-0.3, -0.25) is 0 Å². The molecule has 0 aromatic heterocycles. The van der Waals surface area contributed by atoms with Crippen LogP contribution in [-0.2, 0) is 39.0 Å². The molecule has 6 aromatic rings. The Morgan fingerprint density at radius 3 is 1.20 bits per heavy atom. The molecule has 0 aliphatic heterocycles. The molecule has 0 aliphatic carbocycles. The Morgan fingerprint density at radius 2 is 0.864 bits per heavy atom. The van der Waals surface area contributed by atoms with Gasteiger partial charge in [0.25, 0.3) is 0 Å². The fourth-order valence-corrected chi connectivity index (χ4v) is 5.83. The molecule has 0 amide bonds. The van der Waals surface area contributed by atoms with E-state index in [1.807, 2.05) is 0 Å². The first-order valence-corrected chi connectivity index (χ1v) is 18.0. The van der Waals surface area contributed by atoms with Crippen LogP contribution in [0.3, 0.4) is 0 Å². The van der Waals surface area contributed by atoms with Gasteiger partial charge in [-0.15, -0.1) is 69.1 Å². The molecule has 2 radical (unpaired) electrons. The van der Waals surface area contributed by atoms with Crippen LogP contribution in [0.15, 0.2) is 109 Å². The number of fused-ring (bicyclic) bond motifs is 2. The molecule has 0 saturated heterocycles. The smallest absolute Gasteiger partial charge is 0.164 e. The Bertz CT molecular complexity index is 1620. The van der Waals surface area contributed by atoms with E-state index in [4.69, 9.17) is 0 Å². The van der Waals surface area contributed by atoms with E-state index in [9.17, 15) is 0 Å². The third-order valence-electron chi connectivity index (χ3n) is 8.26. The molecule has 2 heteroatoms. The quantitative estimate of drug-likeness (QED) is 0.122. The maximum atomic E-state index is 2.36. The van der Waals surface area contributed by atoms with Crippen molar-refractivity contribution in [1.82, 2.24) is 0 Å². The van der Waals surface area contributed by atoms with Crippen molar-refractivity contribution in [1.29, 1.82) is 0 Å². The zero-order chi connectivity index (χ0) is 30.9. The summed E-state index contributed by atoms with van der Waals surface area (Å²) in [6, 6.07) is 40.2. The van der Waals surface area contributed by atoms with Gasteiger partial charge in [-0.2, -0.15) is 12.1 Å². The van der Waals surface area contributed by atoms with E-state index in [0.717, 1.165) is 22.4 Å². The van der Waals surface area contributed by atoms with E-state index < -0.39 is 0 Å². The van der Waals surface area contributed by atoms with Gasteiger partial charge in [-0.25, -0.2) is 0 Å². The molecule has 6 aromatic carbocycles. The number of rotatable bonds is 6. The second kappa shape index (κ2) is 17.0.